The lowest BCUT2D eigenvalue weighted by Crippen LogP contribution is -2.42. The molecule has 1 saturated heterocycles. The number of rotatable bonds is 3. The maximum absolute atomic E-state index is 12.9. The number of aromatic nitrogens is 2. The van der Waals surface area contributed by atoms with E-state index in [1.165, 1.54) is 6.20 Å². The molecule has 1 N–H and O–H groups in total. The van der Waals surface area contributed by atoms with Crippen LogP contribution in [0.15, 0.2) is 36.8 Å². The van der Waals surface area contributed by atoms with Gasteiger partial charge in [-0.1, -0.05) is 12.1 Å². The van der Waals surface area contributed by atoms with Crippen molar-refractivity contribution in [1.29, 1.82) is 0 Å². The molecule has 3 rings (SSSR count). The fourth-order valence-electron chi connectivity index (χ4n) is 3.10. The zero-order valence-corrected chi connectivity index (χ0v) is 14.0. The van der Waals surface area contributed by atoms with Crippen molar-refractivity contribution in [2.45, 2.75) is 32.2 Å². The summed E-state index contributed by atoms with van der Waals surface area (Å²) in [7, 11) is 1.76. The summed E-state index contributed by atoms with van der Waals surface area (Å²) >= 11 is 0. The molecule has 0 saturated carbocycles. The number of benzene rings is 1. The molecule has 1 unspecified atom stereocenters. The van der Waals surface area contributed by atoms with Crippen molar-refractivity contribution in [2.24, 2.45) is 7.05 Å². The second-order valence-electron chi connectivity index (χ2n) is 6.23. The molecule has 6 nitrogen and oxygen atoms in total. The van der Waals surface area contributed by atoms with Crippen LogP contribution in [0.2, 0.25) is 0 Å². The molecule has 1 fully saturated rings. The van der Waals surface area contributed by atoms with Gasteiger partial charge in [-0.2, -0.15) is 0 Å². The molecule has 0 bridgehead atoms. The van der Waals surface area contributed by atoms with Crippen LogP contribution in [-0.4, -0.2) is 38.9 Å². The number of carbonyl (C=O) groups is 2. The average molecular weight is 326 g/mol. The highest BCUT2D eigenvalue weighted by atomic mass is 16.2. The quantitative estimate of drug-likeness (QED) is 0.943. The molecular weight excluding hydrogens is 304 g/mol. The standard InChI is InChI=1S/C18H22N4O2/c1-13-7-5-6-10-22(13)18(24)14-8-3-4-9-15(14)20-17(23)16-11-19-12-21(16)2/h3-4,8-9,11-13H,5-7,10H2,1-2H3,(H,20,23). The summed E-state index contributed by atoms with van der Waals surface area (Å²) < 4.78 is 1.65. The van der Waals surface area contributed by atoms with Crippen molar-refractivity contribution in [3.05, 3.63) is 48.0 Å². The third-order valence-electron chi connectivity index (χ3n) is 4.52. The first-order valence-electron chi connectivity index (χ1n) is 8.25. The smallest absolute Gasteiger partial charge is 0.273 e. The van der Waals surface area contributed by atoms with E-state index >= 15 is 0 Å². The van der Waals surface area contributed by atoms with E-state index in [1.807, 2.05) is 17.0 Å². The van der Waals surface area contributed by atoms with E-state index in [2.05, 4.69) is 17.2 Å². The molecule has 2 amide bonds. The molecular formula is C18H22N4O2. The molecule has 1 aliphatic rings. The second kappa shape index (κ2) is 6.86. The van der Waals surface area contributed by atoms with Crippen LogP contribution in [0, 0.1) is 0 Å². The molecule has 2 aromatic rings. The Morgan fingerprint density at radius 1 is 1.25 bits per heavy atom. The Bertz CT molecular complexity index is 753. The third-order valence-corrected chi connectivity index (χ3v) is 4.52. The Hall–Kier alpha value is -2.63. The Morgan fingerprint density at radius 2 is 2.04 bits per heavy atom. The number of imidazole rings is 1. The van der Waals surface area contributed by atoms with E-state index in [-0.39, 0.29) is 17.9 Å². The molecule has 1 aromatic heterocycles. The summed E-state index contributed by atoms with van der Waals surface area (Å²) in [6.07, 6.45) is 6.28. The van der Waals surface area contributed by atoms with Crippen LogP contribution in [0.4, 0.5) is 5.69 Å². The number of hydrogen-bond acceptors (Lipinski definition) is 3. The summed E-state index contributed by atoms with van der Waals surface area (Å²) in [4.78, 5) is 31.2. The highest BCUT2D eigenvalue weighted by Crippen LogP contribution is 2.23. The zero-order valence-electron chi connectivity index (χ0n) is 14.0. The number of anilines is 1. The number of aryl methyl sites for hydroxylation is 1. The van der Waals surface area contributed by atoms with E-state index in [0.717, 1.165) is 25.8 Å². The van der Waals surface area contributed by atoms with Gasteiger partial charge < -0.3 is 14.8 Å². The maximum Gasteiger partial charge on any atom is 0.273 e. The van der Waals surface area contributed by atoms with Crippen molar-refractivity contribution < 1.29 is 9.59 Å². The van der Waals surface area contributed by atoms with Crippen molar-refractivity contribution in [2.75, 3.05) is 11.9 Å². The minimum Gasteiger partial charge on any atom is -0.336 e. The normalized spacial score (nSPS) is 17.6. The summed E-state index contributed by atoms with van der Waals surface area (Å²) in [5, 5.41) is 2.84. The number of nitrogens with one attached hydrogen (secondary N) is 1. The van der Waals surface area contributed by atoms with Gasteiger partial charge in [-0.25, -0.2) is 4.98 Å². The number of amides is 2. The summed E-state index contributed by atoms with van der Waals surface area (Å²) in [6, 6.07) is 7.39. The molecule has 126 valence electrons. The minimum atomic E-state index is -0.276. The first-order chi connectivity index (χ1) is 11.6. The van der Waals surface area contributed by atoms with Crippen LogP contribution in [0.1, 0.15) is 47.0 Å². The monoisotopic (exact) mass is 326 g/mol. The second-order valence-corrected chi connectivity index (χ2v) is 6.23. The van der Waals surface area contributed by atoms with Gasteiger partial charge in [0.25, 0.3) is 11.8 Å². The average Bonchev–Trinajstić information content (AvgIpc) is 3.01. The molecule has 1 aromatic carbocycles. The van der Waals surface area contributed by atoms with Gasteiger partial charge in [0.1, 0.15) is 5.69 Å². The molecule has 0 aliphatic carbocycles. The van der Waals surface area contributed by atoms with Gasteiger partial charge in [0.15, 0.2) is 0 Å². The Labute approximate surface area is 141 Å². The van der Waals surface area contributed by atoms with Crippen LogP contribution in [0.25, 0.3) is 0 Å². The molecule has 1 aliphatic heterocycles. The van der Waals surface area contributed by atoms with Gasteiger partial charge in [-0.15, -0.1) is 0 Å². The Morgan fingerprint density at radius 3 is 2.75 bits per heavy atom. The first kappa shape index (κ1) is 16.2. The van der Waals surface area contributed by atoms with E-state index in [0.29, 0.717) is 16.9 Å². The molecule has 24 heavy (non-hydrogen) atoms. The summed E-state index contributed by atoms with van der Waals surface area (Å²) in [6.45, 7) is 2.85. The van der Waals surface area contributed by atoms with E-state index < -0.39 is 0 Å². The predicted molar refractivity (Wildman–Crippen MR) is 92.0 cm³/mol. The van der Waals surface area contributed by atoms with Crippen molar-refractivity contribution in [1.82, 2.24) is 14.5 Å². The van der Waals surface area contributed by atoms with Gasteiger partial charge in [0, 0.05) is 19.6 Å². The van der Waals surface area contributed by atoms with Crippen molar-refractivity contribution in [3.8, 4) is 0 Å². The zero-order chi connectivity index (χ0) is 17.1. The number of likely N-dealkylation sites (tertiary alicyclic amines) is 1. The number of para-hydroxylation sites is 1. The van der Waals surface area contributed by atoms with Gasteiger partial charge >= 0.3 is 0 Å². The van der Waals surface area contributed by atoms with Crippen LogP contribution in [0.5, 0.6) is 0 Å². The van der Waals surface area contributed by atoms with E-state index in [1.54, 1.807) is 30.1 Å². The lowest BCUT2D eigenvalue weighted by atomic mass is 10.0. The Balaban J connectivity index is 1.84. The fourth-order valence-corrected chi connectivity index (χ4v) is 3.10. The van der Waals surface area contributed by atoms with Gasteiger partial charge in [-0.05, 0) is 38.3 Å². The van der Waals surface area contributed by atoms with Crippen LogP contribution < -0.4 is 5.32 Å². The van der Waals surface area contributed by atoms with Crippen LogP contribution in [-0.2, 0) is 7.05 Å². The number of piperidine rings is 1. The molecule has 0 radical (unpaired) electrons. The predicted octanol–water partition coefficient (Wildman–Crippen LogP) is 2.69. The molecule has 0 spiro atoms. The van der Waals surface area contributed by atoms with Crippen LogP contribution in [0.3, 0.4) is 0 Å². The first-order valence-corrected chi connectivity index (χ1v) is 8.25. The number of hydrogen-bond donors (Lipinski definition) is 1. The third kappa shape index (κ3) is 3.18. The van der Waals surface area contributed by atoms with Crippen LogP contribution >= 0.6 is 0 Å². The van der Waals surface area contributed by atoms with E-state index in [9.17, 15) is 9.59 Å². The summed E-state index contributed by atoms with van der Waals surface area (Å²) in [5.41, 5.74) is 1.51. The molecule has 6 heteroatoms. The van der Waals surface area contributed by atoms with E-state index in [4.69, 9.17) is 0 Å². The Kier molecular flexibility index (Phi) is 4.64. The minimum absolute atomic E-state index is 0.0249. The summed E-state index contributed by atoms with van der Waals surface area (Å²) in [5.74, 6) is -0.301. The highest BCUT2D eigenvalue weighted by molar-refractivity contribution is 6.08. The lowest BCUT2D eigenvalue weighted by molar-refractivity contribution is 0.0636. The molecule has 2 heterocycles. The topological polar surface area (TPSA) is 67.2 Å². The largest absolute Gasteiger partial charge is 0.336 e. The molecule has 1 atom stereocenters. The SMILES string of the molecule is CC1CCCCN1C(=O)c1ccccc1NC(=O)c1cncn1C. The number of nitrogens with zero attached hydrogens (tertiary/aromatic N) is 3. The van der Waals surface area contributed by atoms with Gasteiger partial charge in [-0.3, -0.25) is 9.59 Å². The fraction of sp³-hybridized carbons (Fsp3) is 0.389. The van der Waals surface area contributed by atoms with Crippen molar-refractivity contribution >= 4 is 17.5 Å². The maximum atomic E-state index is 12.9. The van der Waals surface area contributed by atoms with Gasteiger partial charge in [0.05, 0.1) is 23.8 Å². The highest BCUT2D eigenvalue weighted by Gasteiger charge is 2.26. The lowest BCUT2D eigenvalue weighted by Gasteiger charge is -2.33. The van der Waals surface area contributed by atoms with Crippen molar-refractivity contribution in [3.63, 3.8) is 0 Å². The van der Waals surface area contributed by atoms with Gasteiger partial charge in [0.2, 0.25) is 0 Å². The number of carbonyl (C=O) groups excluding carboxylic acids is 2.